The predicted octanol–water partition coefficient (Wildman–Crippen LogP) is 0.665. The second-order valence-corrected chi connectivity index (χ2v) is 3.00. The molecule has 0 aliphatic heterocycles. The lowest BCUT2D eigenvalue weighted by Gasteiger charge is -2.10. The average Bonchev–Trinajstić information content (AvgIpc) is 2.51. The zero-order chi connectivity index (χ0) is 9.84. The van der Waals surface area contributed by atoms with E-state index in [4.69, 9.17) is 10.2 Å². The van der Waals surface area contributed by atoms with E-state index in [1.165, 1.54) is 6.26 Å². The van der Waals surface area contributed by atoms with Crippen LogP contribution in [0.25, 0.3) is 0 Å². The monoisotopic (exact) mass is 182 g/mol. The zero-order valence-electron chi connectivity index (χ0n) is 7.83. The molecule has 1 aromatic rings. The van der Waals surface area contributed by atoms with Crippen LogP contribution in [0.4, 0.5) is 0 Å². The number of nitrogens with two attached hydrogens (primary N) is 1. The van der Waals surface area contributed by atoms with Crippen LogP contribution in [0.1, 0.15) is 23.0 Å². The number of hydrogen-bond acceptors (Lipinski definition) is 3. The molecule has 0 saturated heterocycles. The van der Waals surface area contributed by atoms with Crippen LogP contribution in [0.15, 0.2) is 16.7 Å². The molecule has 3 N–H and O–H groups in total. The Morgan fingerprint density at radius 1 is 1.77 bits per heavy atom. The molecule has 4 heteroatoms. The second kappa shape index (κ2) is 4.09. The summed E-state index contributed by atoms with van der Waals surface area (Å²) in [6, 6.07) is 1.63. The maximum atomic E-state index is 11.5. The number of carbonyl (C=O) groups excluding carboxylic acids is 1. The standard InChI is InChI=1S/C9H14N2O2/c1-6(5-10)11-9(12)8-3-4-13-7(8)2/h3-4,6H,5,10H2,1-2H3,(H,11,12)/t6-/m1/s1. The fraction of sp³-hybridized carbons (Fsp3) is 0.444. The molecule has 1 amide bonds. The van der Waals surface area contributed by atoms with E-state index >= 15 is 0 Å². The van der Waals surface area contributed by atoms with Crippen LogP contribution in [0.2, 0.25) is 0 Å². The van der Waals surface area contributed by atoms with Crippen molar-refractivity contribution in [2.24, 2.45) is 5.73 Å². The summed E-state index contributed by atoms with van der Waals surface area (Å²) >= 11 is 0. The van der Waals surface area contributed by atoms with E-state index in [9.17, 15) is 4.79 Å². The highest BCUT2D eigenvalue weighted by atomic mass is 16.3. The van der Waals surface area contributed by atoms with Crippen molar-refractivity contribution in [3.8, 4) is 0 Å². The smallest absolute Gasteiger partial charge is 0.255 e. The van der Waals surface area contributed by atoms with E-state index in [1.807, 2.05) is 6.92 Å². The van der Waals surface area contributed by atoms with Crippen molar-refractivity contribution in [1.29, 1.82) is 0 Å². The molecule has 0 unspecified atom stereocenters. The molecule has 0 spiro atoms. The lowest BCUT2D eigenvalue weighted by Crippen LogP contribution is -2.37. The third-order valence-corrected chi connectivity index (χ3v) is 1.83. The van der Waals surface area contributed by atoms with Gasteiger partial charge in [0, 0.05) is 12.6 Å². The van der Waals surface area contributed by atoms with Gasteiger partial charge in [0.2, 0.25) is 0 Å². The molecule has 0 aliphatic rings. The number of furan rings is 1. The predicted molar refractivity (Wildman–Crippen MR) is 49.4 cm³/mol. The largest absolute Gasteiger partial charge is 0.469 e. The molecule has 0 saturated carbocycles. The van der Waals surface area contributed by atoms with Gasteiger partial charge in [0.25, 0.3) is 5.91 Å². The van der Waals surface area contributed by atoms with E-state index < -0.39 is 0 Å². The van der Waals surface area contributed by atoms with E-state index in [0.29, 0.717) is 17.9 Å². The van der Waals surface area contributed by atoms with Crippen LogP contribution in [0.5, 0.6) is 0 Å². The molecule has 0 fully saturated rings. The molecular formula is C9H14N2O2. The molecule has 0 aromatic carbocycles. The van der Waals surface area contributed by atoms with Gasteiger partial charge in [-0.1, -0.05) is 0 Å². The minimum Gasteiger partial charge on any atom is -0.469 e. The lowest BCUT2D eigenvalue weighted by molar-refractivity contribution is 0.0940. The molecule has 0 aliphatic carbocycles. The highest BCUT2D eigenvalue weighted by Gasteiger charge is 2.12. The lowest BCUT2D eigenvalue weighted by atomic mass is 10.2. The van der Waals surface area contributed by atoms with Crippen molar-refractivity contribution in [2.75, 3.05) is 6.54 Å². The third kappa shape index (κ3) is 2.32. The van der Waals surface area contributed by atoms with Gasteiger partial charge in [-0.3, -0.25) is 4.79 Å². The van der Waals surface area contributed by atoms with Gasteiger partial charge in [-0.25, -0.2) is 0 Å². The number of carbonyl (C=O) groups is 1. The molecule has 1 aromatic heterocycles. The van der Waals surface area contributed by atoms with Gasteiger partial charge in [-0.15, -0.1) is 0 Å². The SMILES string of the molecule is Cc1occc1C(=O)N[C@H](C)CN. The van der Waals surface area contributed by atoms with Gasteiger partial charge in [-0.2, -0.15) is 0 Å². The van der Waals surface area contributed by atoms with Crippen LogP contribution < -0.4 is 11.1 Å². The second-order valence-electron chi connectivity index (χ2n) is 3.00. The van der Waals surface area contributed by atoms with Crippen molar-refractivity contribution >= 4 is 5.91 Å². The maximum absolute atomic E-state index is 11.5. The Kier molecular flexibility index (Phi) is 3.08. The Bertz CT molecular complexity index is 294. The molecule has 72 valence electrons. The summed E-state index contributed by atoms with van der Waals surface area (Å²) in [5.74, 6) is 0.492. The normalized spacial score (nSPS) is 12.5. The van der Waals surface area contributed by atoms with Gasteiger partial charge in [0.05, 0.1) is 11.8 Å². The number of amides is 1. The number of nitrogens with one attached hydrogen (secondary N) is 1. The average molecular weight is 182 g/mol. The number of hydrogen-bond donors (Lipinski definition) is 2. The van der Waals surface area contributed by atoms with Gasteiger partial charge in [0.1, 0.15) is 5.76 Å². The Morgan fingerprint density at radius 3 is 2.92 bits per heavy atom. The maximum Gasteiger partial charge on any atom is 0.255 e. The van der Waals surface area contributed by atoms with Crippen LogP contribution in [0.3, 0.4) is 0 Å². The summed E-state index contributed by atoms with van der Waals surface area (Å²) in [5.41, 5.74) is 5.94. The fourth-order valence-electron chi connectivity index (χ4n) is 0.981. The van der Waals surface area contributed by atoms with Crippen molar-refractivity contribution in [3.05, 3.63) is 23.7 Å². The summed E-state index contributed by atoms with van der Waals surface area (Å²) in [7, 11) is 0. The summed E-state index contributed by atoms with van der Waals surface area (Å²) in [4.78, 5) is 11.5. The molecule has 13 heavy (non-hydrogen) atoms. The Morgan fingerprint density at radius 2 is 2.46 bits per heavy atom. The van der Waals surface area contributed by atoms with Crippen LogP contribution in [0, 0.1) is 6.92 Å². The molecule has 4 nitrogen and oxygen atoms in total. The van der Waals surface area contributed by atoms with Crippen molar-refractivity contribution < 1.29 is 9.21 Å². The summed E-state index contributed by atoms with van der Waals surface area (Å²) < 4.78 is 5.01. The molecule has 1 rings (SSSR count). The fourth-order valence-corrected chi connectivity index (χ4v) is 0.981. The van der Waals surface area contributed by atoms with E-state index in [0.717, 1.165) is 0 Å². The summed E-state index contributed by atoms with van der Waals surface area (Å²) in [6.07, 6.45) is 1.50. The zero-order valence-corrected chi connectivity index (χ0v) is 7.83. The van der Waals surface area contributed by atoms with Gasteiger partial charge in [-0.05, 0) is 19.9 Å². The van der Waals surface area contributed by atoms with E-state index in [-0.39, 0.29) is 11.9 Å². The van der Waals surface area contributed by atoms with Crippen molar-refractivity contribution in [1.82, 2.24) is 5.32 Å². The first-order valence-electron chi connectivity index (χ1n) is 4.20. The molecule has 0 radical (unpaired) electrons. The van der Waals surface area contributed by atoms with E-state index in [1.54, 1.807) is 13.0 Å². The first-order chi connectivity index (χ1) is 6.15. The first kappa shape index (κ1) is 9.80. The first-order valence-corrected chi connectivity index (χ1v) is 4.20. The topological polar surface area (TPSA) is 68.3 Å². The molecule has 1 atom stereocenters. The van der Waals surface area contributed by atoms with Crippen LogP contribution in [-0.4, -0.2) is 18.5 Å². The summed E-state index contributed by atoms with van der Waals surface area (Å²) in [5, 5.41) is 2.75. The Hall–Kier alpha value is -1.29. The van der Waals surface area contributed by atoms with Crippen molar-refractivity contribution in [3.63, 3.8) is 0 Å². The van der Waals surface area contributed by atoms with E-state index in [2.05, 4.69) is 5.32 Å². The van der Waals surface area contributed by atoms with Crippen LogP contribution in [-0.2, 0) is 0 Å². The molecule has 1 heterocycles. The van der Waals surface area contributed by atoms with Crippen LogP contribution >= 0.6 is 0 Å². The van der Waals surface area contributed by atoms with Crippen molar-refractivity contribution in [2.45, 2.75) is 19.9 Å². The quantitative estimate of drug-likeness (QED) is 0.721. The molecule has 0 bridgehead atoms. The number of rotatable bonds is 3. The Balaban J connectivity index is 2.64. The summed E-state index contributed by atoms with van der Waals surface area (Å²) in [6.45, 7) is 4.04. The van der Waals surface area contributed by atoms with Gasteiger partial charge in [0.15, 0.2) is 0 Å². The highest BCUT2D eigenvalue weighted by molar-refractivity contribution is 5.95. The highest BCUT2D eigenvalue weighted by Crippen LogP contribution is 2.08. The Labute approximate surface area is 77.1 Å². The minimum absolute atomic E-state index is 0.0122. The van der Waals surface area contributed by atoms with Gasteiger partial charge >= 0.3 is 0 Å². The third-order valence-electron chi connectivity index (χ3n) is 1.83. The van der Waals surface area contributed by atoms with Gasteiger partial charge < -0.3 is 15.5 Å². The number of aryl methyl sites for hydroxylation is 1. The minimum atomic E-state index is -0.135. The molecular weight excluding hydrogens is 168 g/mol.